The van der Waals surface area contributed by atoms with Crippen molar-refractivity contribution in [3.8, 4) is 10.6 Å². The van der Waals surface area contributed by atoms with E-state index in [2.05, 4.69) is 68.7 Å². The molecule has 1 aromatic carbocycles. The maximum atomic E-state index is 11.8. The Labute approximate surface area is 156 Å². The monoisotopic (exact) mass is 559 g/mol. The second-order valence-corrected chi connectivity index (χ2v) is 8.56. The second kappa shape index (κ2) is 5.59. The van der Waals surface area contributed by atoms with Crippen LogP contribution in [0, 0.1) is 0 Å². The molecule has 0 bridgehead atoms. The third kappa shape index (κ3) is 2.40. The van der Waals surface area contributed by atoms with Crippen molar-refractivity contribution in [1.29, 1.82) is 0 Å². The van der Waals surface area contributed by atoms with Crippen LogP contribution in [-0.4, -0.2) is 4.98 Å². The van der Waals surface area contributed by atoms with Crippen molar-refractivity contribution in [3.05, 3.63) is 45.3 Å². The quantitative estimate of drug-likeness (QED) is 0.232. The van der Waals surface area contributed by atoms with Gasteiger partial charge in [0, 0.05) is 6.07 Å². The van der Waals surface area contributed by atoms with Crippen molar-refractivity contribution in [3.63, 3.8) is 0 Å². The first-order valence-corrected chi connectivity index (χ1v) is 9.53. The highest BCUT2D eigenvalue weighted by molar-refractivity contribution is 9.13. The Morgan fingerprint density at radius 1 is 1.00 bits per heavy atom. The number of hydrogen-bond acceptors (Lipinski definition) is 3. The molecule has 0 saturated carbocycles. The van der Waals surface area contributed by atoms with E-state index in [0.717, 1.165) is 29.7 Å². The van der Waals surface area contributed by atoms with Crippen molar-refractivity contribution in [2.75, 3.05) is 0 Å². The number of halogens is 5. The lowest BCUT2D eigenvalue weighted by atomic mass is 10.2. The molecule has 0 spiro atoms. The molecule has 1 heterocycles. The first-order valence-electron chi connectivity index (χ1n) is 5.16. The molecule has 0 amide bonds. The summed E-state index contributed by atoms with van der Waals surface area (Å²) in [5.74, 6) is 0. The zero-order valence-electron chi connectivity index (χ0n) is 9.31. The van der Waals surface area contributed by atoms with E-state index in [1.165, 1.54) is 11.3 Å². The summed E-state index contributed by atoms with van der Waals surface area (Å²) >= 11 is 21.2. The molecule has 0 aromatic heterocycles. The second-order valence-electron chi connectivity index (χ2n) is 3.90. The average Bonchev–Trinajstić information content (AvgIpc) is 2.41. The smallest absolute Gasteiger partial charge is 0.195 e. The summed E-state index contributed by atoms with van der Waals surface area (Å²) in [6.45, 7) is 0. The van der Waals surface area contributed by atoms with Gasteiger partial charge in [-0.1, -0.05) is 11.6 Å². The van der Waals surface area contributed by atoms with Crippen LogP contribution in [-0.2, 0) is 0 Å². The summed E-state index contributed by atoms with van der Waals surface area (Å²) in [6, 6.07) is 3.41. The van der Waals surface area contributed by atoms with E-state index in [-0.39, 0.29) is 5.43 Å². The van der Waals surface area contributed by atoms with E-state index in [9.17, 15) is 4.79 Å². The average molecular weight is 563 g/mol. The van der Waals surface area contributed by atoms with Crippen LogP contribution >= 0.6 is 86.7 Å². The number of hydrogen-bond donors (Lipinski definition) is 0. The van der Waals surface area contributed by atoms with Crippen LogP contribution in [0.2, 0.25) is 5.02 Å². The molecule has 0 atom stereocenters. The van der Waals surface area contributed by atoms with Gasteiger partial charge in [-0.2, -0.15) is 0 Å². The Balaban J connectivity index is 2.55. The number of nitrogens with zero attached hydrogens (tertiary/aromatic N) is 1. The number of fused-ring (bicyclic) bond motifs is 2. The van der Waals surface area contributed by atoms with Gasteiger partial charge in [0.25, 0.3) is 0 Å². The summed E-state index contributed by atoms with van der Waals surface area (Å²) in [4.78, 5) is 17.3. The molecule has 0 N–H and O–H groups in total. The first-order chi connectivity index (χ1) is 9.40. The highest BCUT2D eigenvalue weighted by atomic mass is 79.9. The molecule has 2 aliphatic rings. The predicted molar refractivity (Wildman–Crippen MR) is 98.3 cm³/mol. The highest BCUT2D eigenvalue weighted by Crippen LogP contribution is 2.43. The standard InChI is InChI=1S/C12H2Br4ClNOS/c13-7-3(17)1-5-11(9(7)15)18-12-6(20-5)2-4(19)8(14)10(12)16/h1-2H. The molecule has 3 rings (SSSR count). The summed E-state index contributed by atoms with van der Waals surface area (Å²) in [5, 5.41) is 0.597. The Morgan fingerprint density at radius 2 is 1.70 bits per heavy atom. The molecule has 8 heteroatoms. The highest BCUT2D eigenvalue weighted by Gasteiger charge is 2.18. The van der Waals surface area contributed by atoms with Gasteiger partial charge in [0.15, 0.2) is 5.43 Å². The van der Waals surface area contributed by atoms with Crippen LogP contribution < -0.4 is 5.43 Å². The maximum Gasteiger partial charge on any atom is 0.195 e. The van der Waals surface area contributed by atoms with Gasteiger partial charge in [-0.05, 0) is 69.8 Å². The maximum absolute atomic E-state index is 11.8. The minimum atomic E-state index is -0.0796. The molecule has 0 unspecified atom stereocenters. The van der Waals surface area contributed by atoms with Crippen molar-refractivity contribution < 1.29 is 0 Å². The van der Waals surface area contributed by atoms with Gasteiger partial charge >= 0.3 is 0 Å². The zero-order valence-corrected chi connectivity index (χ0v) is 17.2. The molecule has 1 aliphatic carbocycles. The van der Waals surface area contributed by atoms with E-state index < -0.39 is 0 Å². The zero-order chi connectivity index (χ0) is 14.6. The summed E-state index contributed by atoms with van der Waals surface area (Å²) < 4.78 is 3.62. The molecule has 0 fully saturated rings. The summed E-state index contributed by atoms with van der Waals surface area (Å²) in [6.07, 6.45) is 0. The Hall–Kier alpha value is 0.470. The third-order valence-corrected chi connectivity index (χ3v) is 8.47. The summed E-state index contributed by atoms with van der Waals surface area (Å²) in [5.41, 5.74) is 1.46. The molecular weight excluding hydrogens is 561 g/mol. The van der Waals surface area contributed by atoms with Gasteiger partial charge in [-0.25, -0.2) is 4.98 Å². The lowest BCUT2D eigenvalue weighted by Gasteiger charge is -2.11. The van der Waals surface area contributed by atoms with Gasteiger partial charge in [-0.3, -0.25) is 4.79 Å². The topological polar surface area (TPSA) is 30.0 Å². The fourth-order valence-electron chi connectivity index (χ4n) is 1.73. The van der Waals surface area contributed by atoms with Gasteiger partial charge in [0.1, 0.15) is 0 Å². The predicted octanol–water partition coefficient (Wildman–Crippen LogP) is 6.46. The molecule has 2 nitrogen and oxygen atoms in total. The normalized spacial score (nSPS) is 11.4. The Kier molecular flexibility index (Phi) is 4.30. The van der Waals surface area contributed by atoms with Gasteiger partial charge in [-0.15, -0.1) is 11.3 Å². The van der Waals surface area contributed by atoms with Crippen LogP contribution in [0.15, 0.2) is 34.8 Å². The van der Waals surface area contributed by atoms with Crippen molar-refractivity contribution in [1.82, 2.24) is 4.98 Å². The molecule has 0 saturated heterocycles. The number of benzene rings is 2. The van der Waals surface area contributed by atoms with Crippen LogP contribution in [0.1, 0.15) is 0 Å². The molecule has 0 radical (unpaired) electrons. The van der Waals surface area contributed by atoms with Gasteiger partial charge < -0.3 is 0 Å². The fraction of sp³-hybridized carbons (Fsp3) is 0. The molecule has 1 aromatic rings. The SMILES string of the molecule is O=c1cc2sc3cc(Cl)c(Br)c(Br)c3nc-2c(Br)c1Br. The molecule has 102 valence electrons. The lowest BCUT2D eigenvalue weighted by Crippen LogP contribution is -2.04. The van der Waals surface area contributed by atoms with Crippen molar-refractivity contribution in [2.24, 2.45) is 0 Å². The molecule has 1 aliphatic heterocycles. The van der Waals surface area contributed by atoms with Crippen LogP contribution in [0.3, 0.4) is 0 Å². The Morgan fingerprint density at radius 3 is 2.40 bits per heavy atom. The Bertz CT molecular complexity index is 895. The van der Waals surface area contributed by atoms with E-state index >= 15 is 0 Å². The van der Waals surface area contributed by atoms with Crippen LogP contribution in [0.4, 0.5) is 0 Å². The van der Waals surface area contributed by atoms with Crippen LogP contribution in [0.25, 0.3) is 20.8 Å². The minimum Gasteiger partial charge on any atom is -0.289 e. The first kappa shape index (κ1) is 15.4. The van der Waals surface area contributed by atoms with Crippen LogP contribution in [0.5, 0.6) is 0 Å². The van der Waals surface area contributed by atoms with E-state index in [1.807, 2.05) is 6.07 Å². The molecular formula is C12H2Br4ClNOS. The summed E-state index contributed by atoms with van der Waals surface area (Å²) in [7, 11) is 0. The molecule has 20 heavy (non-hydrogen) atoms. The fourth-order valence-corrected chi connectivity index (χ4v) is 5.06. The van der Waals surface area contributed by atoms with E-state index in [4.69, 9.17) is 11.6 Å². The van der Waals surface area contributed by atoms with Gasteiger partial charge in [0.2, 0.25) is 0 Å². The van der Waals surface area contributed by atoms with Crippen molar-refractivity contribution in [2.45, 2.75) is 0 Å². The number of aromatic nitrogens is 1. The van der Waals surface area contributed by atoms with E-state index in [0.29, 0.717) is 14.0 Å². The van der Waals surface area contributed by atoms with E-state index in [1.54, 1.807) is 6.07 Å². The minimum absolute atomic E-state index is 0.0796. The largest absolute Gasteiger partial charge is 0.289 e. The van der Waals surface area contributed by atoms with Crippen molar-refractivity contribution >= 4 is 96.9 Å². The lowest BCUT2D eigenvalue weighted by molar-refractivity contribution is 1.35. The van der Waals surface area contributed by atoms with Gasteiger partial charge in [0.05, 0.1) is 43.7 Å². The third-order valence-electron chi connectivity index (χ3n) is 2.66. The number of rotatable bonds is 0.